The van der Waals surface area contributed by atoms with Crippen molar-refractivity contribution in [1.82, 2.24) is 30.7 Å². The van der Waals surface area contributed by atoms with Crippen LogP contribution in [0.4, 0.5) is 0 Å². The molecule has 4 atom stereocenters. The highest BCUT2D eigenvalue weighted by atomic mass is 32.1. The molecular weight excluding hydrogens is 621 g/mol. The van der Waals surface area contributed by atoms with Crippen molar-refractivity contribution in [3.63, 3.8) is 0 Å². The van der Waals surface area contributed by atoms with Gasteiger partial charge in [-0.1, -0.05) is 47.3 Å². The molecule has 2 fully saturated rings. The summed E-state index contributed by atoms with van der Waals surface area (Å²) in [6.45, 7) is 15.9. The van der Waals surface area contributed by atoms with Crippen LogP contribution in [0.5, 0.6) is 0 Å². The highest BCUT2D eigenvalue weighted by Crippen LogP contribution is 2.42. The average Bonchev–Trinajstić information content (AvgIpc) is 3.46. The number of cyclic esters (lactones) is 1. The fourth-order valence-electron chi connectivity index (χ4n) is 7.16. The van der Waals surface area contributed by atoms with Crippen molar-refractivity contribution in [3.8, 4) is 22.5 Å². The van der Waals surface area contributed by atoms with Gasteiger partial charge in [0.2, 0.25) is 0 Å². The largest absolute Gasteiger partial charge is 0.464 e. The van der Waals surface area contributed by atoms with E-state index in [1.54, 1.807) is 16.3 Å². The summed E-state index contributed by atoms with van der Waals surface area (Å²) in [5.74, 6) is 0.735. The fraction of sp³-hybridized carbons (Fsp3) is 0.474. The van der Waals surface area contributed by atoms with Crippen LogP contribution in [-0.2, 0) is 27.2 Å². The Bertz CT molecular complexity index is 1870. The lowest BCUT2D eigenvalue weighted by molar-refractivity contribution is -0.155. The molecule has 0 unspecified atom stereocenters. The Morgan fingerprint density at radius 1 is 1.23 bits per heavy atom. The number of fused-ring (bicyclic) bond motifs is 6. The summed E-state index contributed by atoms with van der Waals surface area (Å²) < 4.78 is 6.02. The van der Waals surface area contributed by atoms with E-state index in [1.807, 2.05) is 12.3 Å². The number of allylic oxidation sites excluding steroid dienone is 1. The lowest BCUT2D eigenvalue weighted by Crippen LogP contribution is -2.60. The molecule has 3 aromatic heterocycles. The molecule has 48 heavy (non-hydrogen) atoms. The minimum Gasteiger partial charge on any atom is -0.464 e. The van der Waals surface area contributed by atoms with Crippen molar-refractivity contribution >= 4 is 34.1 Å². The SMILES string of the molecule is C=C(N[C@H]1Cc2nc(cs2)-c2ccc3[nH]c(-c4cccnc4C(C)C)c(c3c2)CC(C)(C)COC(=O)[C@@H]2CCCN(N2)C1=O)[C@H]1C[C@@H]1C. The summed E-state index contributed by atoms with van der Waals surface area (Å²) in [6, 6.07) is 9.44. The molecule has 1 saturated heterocycles. The van der Waals surface area contributed by atoms with E-state index in [0.29, 0.717) is 44.1 Å². The number of amides is 1. The van der Waals surface area contributed by atoms with Crippen LogP contribution in [0.1, 0.15) is 76.1 Å². The highest BCUT2D eigenvalue weighted by molar-refractivity contribution is 7.10. The Balaban J connectivity index is 1.32. The molecule has 4 aromatic rings. The van der Waals surface area contributed by atoms with Crippen LogP contribution < -0.4 is 10.7 Å². The van der Waals surface area contributed by atoms with Crippen LogP contribution in [0.25, 0.3) is 33.4 Å². The van der Waals surface area contributed by atoms with E-state index in [0.717, 1.165) is 56.2 Å². The third kappa shape index (κ3) is 6.52. The van der Waals surface area contributed by atoms with Gasteiger partial charge in [-0.15, -0.1) is 11.3 Å². The Morgan fingerprint density at radius 2 is 2.04 bits per heavy atom. The topological polar surface area (TPSA) is 112 Å². The minimum atomic E-state index is -0.591. The number of nitrogens with zero attached hydrogens (tertiary/aromatic N) is 3. The van der Waals surface area contributed by atoms with Gasteiger partial charge in [-0.3, -0.25) is 19.6 Å². The summed E-state index contributed by atoms with van der Waals surface area (Å²) in [4.78, 5) is 41.1. The molecule has 3 aliphatic rings. The number of carbonyl (C=O) groups excluding carboxylic acids is 2. The van der Waals surface area contributed by atoms with Gasteiger partial charge in [0.25, 0.3) is 5.91 Å². The van der Waals surface area contributed by atoms with Crippen LogP contribution in [0.2, 0.25) is 0 Å². The number of pyridine rings is 1. The predicted molar refractivity (Wildman–Crippen MR) is 190 cm³/mol. The average molecular weight is 667 g/mol. The van der Waals surface area contributed by atoms with E-state index in [-0.39, 0.29) is 29.8 Å². The first-order valence-corrected chi connectivity index (χ1v) is 18.1. The number of hydrogen-bond donors (Lipinski definition) is 3. The van der Waals surface area contributed by atoms with Gasteiger partial charge < -0.3 is 15.0 Å². The van der Waals surface area contributed by atoms with Crippen molar-refractivity contribution in [1.29, 1.82) is 0 Å². The van der Waals surface area contributed by atoms with Gasteiger partial charge >= 0.3 is 5.97 Å². The molecule has 9 nitrogen and oxygen atoms in total. The molecule has 1 saturated carbocycles. The molecule has 252 valence electrons. The third-order valence-corrected chi connectivity index (χ3v) is 10.9. The molecule has 1 aliphatic carbocycles. The molecular formula is C38H46N6O3S. The number of aromatic amines is 1. The normalized spacial score (nSPS) is 24.3. The van der Waals surface area contributed by atoms with Crippen molar-refractivity contribution in [2.45, 2.75) is 84.7 Å². The zero-order valence-electron chi connectivity index (χ0n) is 28.6. The van der Waals surface area contributed by atoms with Crippen LogP contribution in [0.3, 0.4) is 0 Å². The summed E-state index contributed by atoms with van der Waals surface area (Å²) >= 11 is 1.57. The first kappa shape index (κ1) is 32.5. The van der Waals surface area contributed by atoms with E-state index in [1.165, 1.54) is 5.56 Å². The summed E-state index contributed by atoms with van der Waals surface area (Å²) in [7, 11) is 0. The van der Waals surface area contributed by atoms with Crippen molar-refractivity contribution in [2.75, 3.05) is 13.2 Å². The number of hydrogen-bond acceptors (Lipinski definition) is 8. The maximum absolute atomic E-state index is 14.0. The van der Waals surface area contributed by atoms with Gasteiger partial charge in [0, 0.05) is 63.6 Å². The monoisotopic (exact) mass is 666 g/mol. The molecule has 6 bridgehead atoms. The van der Waals surface area contributed by atoms with E-state index in [2.05, 4.69) is 86.6 Å². The van der Waals surface area contributed by atoms with Gasteiger partial charge in [0.1, 0.15) is 12.1 Å². The van der Waals surface area contributed by atoms with Gasteiger partial charge in [-0.25, -0.2) is 10.4 Å². The highest BCUT2D eigenvalue weighted by Gasteiger charge is 2.39. The first-order chi connectivity index (χ1) is 23.0. The number of thiazole rings is 1. The Kier molecular flexibility index (Phi) is 8.66. The first-order valence-electron chi connectivity index (χ1n) is 17.2. The molecule has 0 radical (unpaired) electrons. The number of hydrazine groups is 1. The molecule has 2 aliphatic heterocycles. The second kappa shape index (κ2) is 12.8. The molecule has 7 rings (SSSR count). The number of esters is 1. The Morgan fingerprint density at radius 3 is 2.81 bits per heavy atom. The number of aromatic nitrogens is 3. The second-order valence-electron chi connectivity index (χ2n) is 15.0. The lowest BCUT2D eigenvalue weighted by atomic mass is 9.84. The maximum Gasteiger partial charge on any atom is 0.324 e. The summed E-state index contributed by atoms with van der Waals surface area (Å²) in [5.41, 5.74) is 11.0. The van der Waals surface area contributed by atoms with Gasteiger partial charge in [0.05, 0.1) is 28.7 Å². The van der Waals surface area contributed by atoms with Crippen LogP contribution in [0, 0.1) is 17.3 Å². The number of benzene rings is 1. The Hall–Kier alpha value is -4.02. The molecule has 3 N–H and O–H groups in total. The number of ether oxygens (including phenoxy) is 1. The quantitative estimate of drug-likeness (QED) is 0.202. The standard InChI is InChI=1S/C38H46N6O3S/c1-21(2)34-25(9-7-13-39-34)35-28-18-38(5,6)20-47-37(46)30-10-8-14-44(43-30)36(45)31(40-23(4)26-15-22(26)3)17-33-41-32(19-48-33)24-11-12-29(42-35)27(28)16-24/h7,9,11-13,16,19,21-22,26,30-31,40,42-43H,4,8,10,14-15,17-18,20H2,1-3,5-6H3/t22-,26-,30-,31-/m0/s1. The zero-order chi connectivity index (χ0) is 33.7. The van der Waals surface area contributed by atoms with Crippen LogP contribution in [-0.4, -0.2) is 57.1 Å². The smallest absolute Gasteiger partial charge is 0.324 e. The van der Waals surface area contributed by atoms with Crippen molar-refractivity contribution < 1.29 is 14.3 Å². The zero-order valence-corrected chi connectivity index (χ0v) is 29.4. The maximum atomic E-state index is 14.0. The number of H-pyrrole nitrogens is 1. The summed E-state index contributed by atoms with van der Waals surface area (Å²) in [5, 5.41) is 9.14. The van der Waals surface area contributed by atoms with E-state index >= 15 is 0 Å². The lowest BCUT2D eigenvalue weighted by Gasteiger charge is -2.36. The van der Waals surface area contributed by atoms with E-state index < -0.39 is 12.1 Å². The predicted octanol–water partition coefficient (Wildman–Crippen LogP) is 6.77. The van der Waals surface area contributed by atoms with Crippen LogP contribution >= 0.6 is 11.3 Å². The molecule has 0 spiro atoms. The van der Waals surface area contributed by atoms with Gasteiger partial charge in [-0.05, 0) is 67.3 Å². The third-order valence-electron chi connectivity index (χ3n) is 10.00. The number of carbonyl (C=O) groups is 2. The minimum absolute atomic E-state index is 0.109. The van der Waals surface area contributed by atoms with E-state index in [4.69, 9.17) is 14.7 Å². The van der Waals surface area contributed by atoms with Gasteiger partial charge in [-0.2, -0.15) is 0 Å². The van der Waals surface area contributed by atoms with Gasteiger partial charge in [0.15, 0.2) is 0 Å². The molecule has 1 amide bonds. The molecule has 1 aromatic carbocycles. The second-order valence-corrected chi connectivity index (χ2v) is 15.9. The van der Waals surface area contributed by atoms with Crippen molar-refractivity contribution in [3.05, 3.63) is 70.4 Å². The molecule has 5 heterocycles. The summed E-state index contributed by atoms with van der Waals surface area (Å²) in [6.07, 6.45) is 5.34. The number of nitrogens with one attached hydrogen (secondary N) is 3. The van der Waals surface area contributed by atoms with Crippen LogP contribution in [0.15, 0.2) is 54.2 Å². The number of rotatable bonds is 5. The van der Waals surface area contributed by atoms with Crippen molar-refractivity contribution in [2.24, 2.45) is 17.3 Å². The van der Waals surface area contributed by atoms with E-state index in [9.17, 15) is 9.59 Å². The Labute approximate surface area is 286 Å². The molecule has 10 heteroatoms. The fourth-order valence-corrected chi connectivity index (χ4v) is 8.01.